The average Bonchev–Trinajstić information content (AvgIpc) is 3.41. The monoisotopic (exact) mass is 837 g/mol. The Morgan fingerprint density at radius 3 is 1.91 bits per heavy atom. The summed E-state index contributed by atoms with van der Waals surface area (Å²) in [5.41, 5.74) is 0.690. The molecule has 4 N–H and O–H groups in total. The normalized spacial score (nSPS) is 17.2. The van der Waals surface area contributed by atoms with Crippen LogP contribution in [0.25, 0.3) is 0 Å². The Kier molecular flexibility index (Phi) is 13.1. The molecule has 0 bridgehead atoms. The molecule has 0 spiro atoms. The number of hydrogen-bond acceptors (Lipinski definition) is 10. The highest BCUT2D eigenvalue weighted by Crippen LogP contribution is 2.51. The lowest BCUT2D eigenvalue weighted by atomic mass is 9.77. The van der Waals surface area contributed by atoms with Crippen molar-refractivity contribution < 1.29 is 63.0 Å². The Hall–Kier alpha value is -4.07. The van der Waals surface area contributed by atoms with E-state index in [1.165, 1.54) is 4.90 Å². The maximum absolute atomic E-state index is 13.7. The molecule has 2 aliphatic heterocycles. The van der Waals surface area contributed by atoms with Gasteiger partial charge in [-0.15, -0.1) is 0 Å². The molecular formula is C38H49N2O13S3+. The highest BCUT2D eigenvalue weighted by molar-refractivity contribution is 7.86. The van der Waals surface area contributed by atoms with Gasteiger partial charge in [-0.05, 0) is 57.4 Å². The first-order valence-corrected chi connectivity index (χ1v) is 22.8. The third-order valence-electron chi connectivity index (χ3n) is 10.1. The molecule has 2 heterocycles. The number of anilines is 1. The average molecular weight is 838 g/mol. The van der Waals surface area contributed by atoms with Gasteiger partial charge < -0.3 is 10.0 Å². The highest BCUT2D eigenvalue weighted by atomic mass is 32.2. The van der Waals surface area contributed by atoms with Crippen molar-refractivity contribution in [2.24, 2.45) is 0 Å². The summed E-state index contributed by atoms with van der Waals surface area (Å²) >= 11 is 0. The smallest absolute Gasteiger partial charge is 0.336 e. The van der Waals surface area contributed by atoms with Crippen LogP contribution in [0.3, 0.4) is 0 Å². The van der Waals surface area contributed by atoms with E-state index in [4.69, 9.17) is 0 Å². The van der Waals surface area contributed by atoms with Gasteiger partial charge in [0.25, 0.3) is 30.4 Å². The van der Waals surface area contributed by atoms with E-state index in [1.807, 2.05) is 27.7 Å². The fourth-order valence-electron chi connectivity index (χ4n) is 7.71. The Balaban J connectivity index is 1.98. The molecular weight excluding hydrogens is 789 g/mol. The molecule has 2 aliphatic rings. The molecule has 0 radical (unpaired) electrons. The first-order chi connectivity index (χ1) is 25.8. The van der Waals surface area contributed by atoms with Gasteiger partial charge in [-0.25, -0.2) is 4.79 Å². The zero-order valence-corrected chi connectivity index (χ0v) is 34.6. The predicted octanol–water partition coefficient (Wildman–Crippen LogP) is 5.77. The zero-order valence-electron chi connectivity index (χ0n) is 32.2. The summed E-state index contributed by atoms with van der Waals surface area (Å²) in [7, 11) is -13.6. The van der Waals surface area contributed by atoms with E-state index in [0.29, 0.717) is 46.6 Å². The van der Waals surface area contributed by atoms with Gasteiger partial charge in [-0.2, -0.15) is 29.8 Å². The molecule has 56 heavy (non-hydrogen) atoms. The van der Waals surface area contributed by atoms with E-state index >= 15 is 0 Å². The molecule has 306 valence electrons. The molecule has 0 fully saturated rings. The summed E-state index contributed by atoms with van der Waals surface area (Å²) in [6.45, 7) is 10.8. The Morgan fingerprint density at radius 1 is 0.768 bits per heavy atom. The second-order valence-electron chi connectivity index (χ2n) is 15.0. The first kappa shape index (κ1) is 44.6. The topological polar surface area (TPSA) is 241 Å². The Bertz CT molecular complexity index is 2390. The number of rotatable bonds is 18. The third kappa shape index (κ3) is 9.54. The fraction of sp³-hybridized carbons (Fsp3) is 0.474. The summed E-state index contributed by atoms with van der Waals surface area (Å²) in [6.07, 6.45) is 6.41. The molecule has 18 heteroatoms. The molecule has 0 amide bonds. The number of aromatic carboxylic acids is 1. The summed E-state index contributed by atoms with van der Waals surface area (Å²) < 4.78 is 102. The zero-order chi connectivity index (χ0) is 42.2. The summed E-state index contributed by atoms with van der Waals surface area (Å²) in [4.78, 5) is 40.3. The minimum Gasteiger partial charge on any atom is -0.478 e. The largest absolute Gasteiger partial charge is 0.478 e. The van der Waals surface area contributed by atoms with Crippen LogP contribution in [0, 0.1) is 0 Å². The number of benzene rings is 2. The second kappa shape index (κ2) is 16.4. The van der Waals surface area contributed by atoms with Gasteiger partial charge in [0.05, 0.1) is 32.9 Å². The van der Waals surface area contributed by atoms with E-state index in [0.717, 1.165) is 12.1 Å². The minimum atomic E-state index is -4.88. The maximum atomic E-state index is 13.7. The van der Waals surface area contributed by atoms with Crippen LogP contribution in [-0.2, 0) is 41.2 Å². The van der Waals surface area contributed by atoms with Gasteiger partial charge in [0.15, 0.2) is 17.3 Å². The van der Waals surface area contributed by atoms with Gasteiger partial charge in [-0.1, -0.05) is 33.8 Å². The molecule has 0 atom stereocenters. The van der Waals surface area contributed by atoms with Crippen LogP contribution in [0.2, 0.25) is 0 Å². The summed E-state index contributed by atoms with van der Waals surface area (Å²) in [6, 6.07) is 5.26. The maximum Gasteiger partial charge on any atom is 0.336 e. The van der Waals surface area contributed by atoms with Crippen molar-refractivity contribution in [2.45, 2.75) is 95.8 Å². The van der Waals surface area contributed by atoms with Crippen LogP contribution in [0.4, 0.5) is 11.4 Å². The third-order valence-corrected chi connectivity index (χ3v) is 12.5. The number of allylic oxidation sites excluding steroid dienone is 4. The number of fused-ring (bicyclic) bond motifs is 2. The van der Waals surface area contributed by atoms with Crippen molar-refractivity contribution in [3.63, 3.8) is 0 Å². The van der Waals surface area contributed by atoms with E-state index in [1.54, 1.807) is 48.8 Å². The van der Waals surface area contributed by atoms with E-state index in [-0.39, 0.29) is 61.6 Å². The van der Waals surface area contributed by atoms with Gasteiger partial charge in [0.1, 0.15) is 6.54 Å². The van der Waals surface area contributed by atoms with Gasteiger partial charge in [0.2, 0.25) is 5.69 Å². The van der Waals surface area contributed by atoms with Crippen molar-refractivity contribution in [2.75, 3.05) is 29.5 Å². The Morgan fingerprint density at radius 2 is 1.36 bits per heavy atom. The molecule has 2 aromatic rings. The van der Waals surface area contributed by atoms with Crippen molar-refractivity contribution >= 4 is 65.0 Å². The number of hydrogen-bond donors (Lipinski definition) is 4. The number of carbonyl (C=O) groups excluding carboxylic acids is 2. The van der Waals surface area contributed by atoms with Crippen molar-refractivity contribution in [1.29, 1.82) is 0 Å². The molecule has 4 rings (SSSR count). The van der Waals surface area contributed by atoms with Crippen molar-refractivity contribution in [3.8, 4) is 0 Å². The molecule has 15 nitrogen and oxygen atoms in total. The quantitative estimate of drug-likeness (QED) is 0.0792. The van der Waals surface area contributed by atoms with Crippen LogP contribution in [0.15, 0.2) is 53.1 Å². The fourth-order valence-corrected chi connectivity index (χ4v) is 9.22. The molecule has 0 aliphatic carbocycles. The number of nitrogens with zero attached hydrogens (tertiary/aromatic N) is 2. The van der Waals surface area contributed by atoms with Crippen LogP contribution in [0.1, 0.15) is 122 Å². The van der Waals surface area contributed by atoms with Crippen molar-refractivity contribution in [1.82, 2.24) is 0 Å². The number of Topliss-reactive ketones (excluding diaryl/α,β-unsaturated/α-hetero) is 2. The lowest BCUT2D eigenvalue weighted by Crippen LogP contribution is -2.30. The lowest BCUT2D eigenvalue weighted by molar-refractivity contribution is -0.437. The molecule has 0 unspecified atom stereocenters. The molecule has 0 saturated heterocycles. The van der Waals surface area contributed by atoms with Crippen LogP contribution < -0.4 is 4.90 Å². The highest BCUT2D eigenvalue weighted by Gasteiger charge is 2.48. The number of carboxylic acid groups (broad SMARTS) is 1. The van der Waals surface area contributed by atoms with E-state index in [9.17, 15) is 58.4 Å². The van der Waals surface area contributed by atoms with E-state index in [2.05, 4.69) is 0 Å². The first-order valence-electron chi connectivity index (χ1n) is 18.1. The predicted molar refractivity (Wildman–Crippen MR) is 211 cm³/mol. The molecule has 2 aromatic carbocycles. The number of carboxylic acids is 1. The summed E-state index contributed by atoms with van der Waals surface area (Å²) in [5.74, 6) is -3.02. The lowest BCUT2D eigenvalue weighted by Gasteiger charge is -2.27. The van der Waals surface area contributed by atoms with E-state index < -0.39 is 69.1 Å². The van der Waals surface area contributed by atoms with Gasteiger partial charge in [-0.3, -0.25) is 23.2 Å². The standard InChI is InChI=1S/C38H48N2O13S3/c1-7-12-30(41)24-20-26(31(42)13-8-2)34-28(21-24)39(16-10-18-54(45,46)47)32(37(34,3)4)14-9-15-33-38(5,6)35-27(36(43)44)22-25(56(51,52)53)23-29(35)40(33)17-11-19-55(48,49)50/h9,14-15,20-23H,7-8,10-13,16-19H2,1-6H3,(H3-,43,44,45,46,47,48,49,50,51,52,53)/p+1. The number of carbonyl (C=O) groups is 3. The molecule has 0 aromatic heterocycles. The Labute approximate surface area is 328 Å². The van der Waals surface area contributed by atoms with Crippen molar-refractivity contribution in [3.05, 3.63) is 76.0 Å². The van der Waals surface area contributed by atoms with Gasteiger partial charge >= 0.3 is 5.97 Å². The molecule has 0 saturated carbocycles. The SMILES string of the molecule is CCCC(=O)c1cc(C(=O)CCC)c2c(c1)[N+](CCCS(=O)(=O)O)=C(/C=C/C=C1/N(CCCS(=O)(=O)O)c3cc(S(=O)(=O)O)cc(C(=O)O)c3C1(C)C)C2(C)C. The van der Waals surface area contributed by atoms with Crippen LogP contribution in [0.5, 0.6) is 0 Å². The minimum absolute atomic E-state index is 0.0178. The van der Waals surface area contributed by atoms with Crippen LogP contribution in [-0.4, -0.2) is 96.4 Å². The summed E-state index contributed by atoms with van der Waals surface area (Å²) in [5, 5.41) is 10.2. The van der Waals surface area contributed by atoms with Crippen LogP contribution >= 0.6 is 0 Å². The van der Waals surface area contributed by atoms with Gasteiger partial charge in [0, 0.05) is 71.4 Å². The second-order valence-corrected chi connectivity index (χ2v) is 19.6. The number of ketones is 2.